The maximum atomic E-state index is 14.9. The molecule has 0 unspecified atom stereocenters. The predicted molar refractivity (Wildman–Crippen MR) is 120 cm³/mol. The number of rotatable bonds is 4. The van der Waals surface area contributed by atoms with Crippen molar-refractivity contribution >= 4 is 5.69 Å². The lowest BCUT2D eigenvalue weighted by Gasteiger charge is -2.34. The second-order valence-electron chi connectivity index (χ2n) is 8.63. The van der Waals surface area contributed by atoms with E-state index in [0.717, 1.165) is 25.1 Å². The minimum atomic E-state index is -0.572. The van der Waals surface area contributed by atoms with Gasteiger partial charge in [0.05, 0.1) is 18.4 Å². The van der Waals surface area contributed by atoms with Crippen molar-refractivity contribution in [3.05, 3.63) is 70.7 Å². The lowest BCUT2D eigenvalue weighted by atomic mass is 9.97. The second-order valence-corrected chi connectivity index (χ2v) is 8.63. The van der Waals surface area contributed by atoms with Crippen LogP contribution in [0.1, 0.15) is 36.4 Å². The molecule has 5 nitrogen and oxygen atoms in total. The molecule has 0 amide bonds. The Kier molecular flexibility index (Phi) is 5.51. The van der Waals surface area contributed by atoms with Crippen molar-refractivity contribution in [2.24, 2.45) is 0 Å². The minimum absolute atomic E-state index is 0.105. The Balaban J connectivity index is 1.49. The Morgan fingerprint density at radius 3 is 2.84 bits per heavy atom. The van der Waals surface area contributed by atoms with Crippen LogP contribution in [0.25, 0.3) is 11.3 Å². The molecule has 5 rings (SSSR count). The summed E-state index contributed by atoms with van der Waals surface area (Å²) in [5, 5.41) is 3.37. The van der Waals surface area contributed by atoms with Gasteiger partial charge in [-0.25, -0.2) is 18.7 Å². The summed E-state index contributed by atoms with van der Waals surface area (Å²) < 4.78 is 35.2. The molecule has 0 atom stereocenters. The summed E-state index contributed by atoms with van der Waals surface area (Å²) in [4.78, 5) is 10.7. The third-order valence-electron chi connectivity index (χ3n) is 6.12. The zero-order valence-electron chi connectivity index (χ0n) is 18.3. The van der Waals surface area contributed by atoms with Crippen molar-refractivity contribution in [1.29, 1.82) is 0 Å². The topological polar surface area (TPSA) is 50.3 Å². The van der Waals surface area contributed by atoms with Crippen LogP contribution < -0.4 is 15.0 Å². The maximum absolute atomic E-state index is 14.9. The number of nitrogens with one attached hydrogen (secondary N) is 1. The quantitative estimate of drug-likeness (QED) is 0.662. The molecule has 0 fully saturated rings. The molecule has 2 aliphatic heterocycles. The number of hydrogen-bond acceptors (Lipinski definition) is 5. The summed E-state index contributed by atoms with van der Waals surface area (Å²) in [6, 6.07) is 9.59. The Bertz CT molecular complexity index is 1160. The van der Waals surface area contributed by atoms with Gasteiger partial charge < -0.3 is 15.0 Å². The van der Waals surface area contributed by atoms with E-state index >= 15 is 0 Å². The van der Waals surface area contributed by atoms with Gasteiger partial charge in [0.2, 0.25) is 0 Å². The van der Waals surface area contributed by atoms with Gasteiger partial charge in [-0.1, -0.05) is 18.2 Å². The molecule has 0 spiro atoms. The zero-order chi connectivity index (χ0) is 22.2. The molecular formula is C25H26F2N4O. The molecule has 1 N–H and O–H groups in total. The highest BCUT2D eigenvalue weighted by atomic mass is 19.1. The van der Waals surface area contributed by atoms with Crippen LogP contribution in [0.4, 0.5) is 14.5 Å². The largest absolute Gasteiger partial charge is 0.486 e. The van der Waals surface area contributed by atoms with Gasteiger partial charge in [-0.3, -0.25) is 0 Å². The van der Waals surface area contributed by atoms with Gasteiger partial charge in [-0.2, -0.15) is 0 Å². The van der Waals surface area contributed by atoms with Gasteiger partial charge in [0.1, 0.15) is 18.1 Å². The molecule has 1 aromatic heterocycles. The van der Waals surface area contributed by atoms with E-state index in [1.165, 1.54) is 23.4 Å². The SMILES string of the molecule is CC(C)N1CCOc2c(F)cc(-c3nc(Cc4ccc5c(c4)CCNC5)ncc3F)cc21. The number of nitrogens with zero attached hydrogens (tertiary/aromatic N) is 3. The molecule has 0 saturated heterocycles. The molecule has 166 valence electrons. The van der Waals surface area contributed by atoms with E-state index < -0.39 is 11.6 Å². The van der Waals surface area contributed by atoms with Gasteiger partial charge in [0.25, 0.3) is 0 Å². The van der Waals surface area contributed by atoms with Crippen LogP contribution in [0, 0.1) is 11.6 Å². The number of anilines is 1. The molecule has 2 aliphatic rings. The fraction of sp³-hybridized carbons (Fsp3) is 0.360. The van der Waals surface area contributed by atoms with Gasteiger partial charge in [0.15, 0.2) is 17.4 Å². The number of ether oxygens (including phenoxy) is 1. The highest BCUT2D eigenvalue weighted by Crippen LogP contribution is 2.39. The van der Waals surface area contributed by atoms with Gasteiger partial charge in [0, 0.05) is 24.6 Å². The Hall–Kier alpha value is -3.06. The van der Waals surface area contributed by atoms with E-state index in [1.807, 2.05) is 13.8 Å². The van der Waals surface area contributed by atoms with Gasteiger partial charge in [-0.15, -0.1) is 0 Å². The summed E-state index contributed by atoms with van der Waals surface area (Å²) in [5.41, 5.74) is 4.84. The van der Waals surface area contributed by atoms with E-state index in [2.05, 4.69) is 38.4 Å². The summed E-state index contributed by atoms with van der Waals surface area (Å²) in [7, 11) is 0. The monoisotopic (exact) mass is 436 g/mol. The number of halogens is 2. The van der Waals surface area contributed by atoms with Crippen molar-refractivity contribution in [2.75, 3.05) is 24.6 Å². The maximum Gasteiger partial charge on any atom is 0.178 e. The van der Waals surface area contributed by atoms with E-state index in [9.17, 15) is 8.78 Å². The zero-order valence-corrected chi connectivity index (χ0v) is 18.3. The van der Waals surface area contributed by atoms with Crippen LogP contribution in [-0.4, -0.2) is 35.7 Å². The molecule has 0 aliphatic carbocycles. The molecular weight excluding hydrogens is 410 g/mol. The summed E-state index contributed by atoms with van der Waals surface area (Å²) in [6.07, 6.45) is 2.65. The van der Waals surface area contributed by atoms with E-state index in [1.54, 1.807) is 6.07 Å². The van der Waals surface area contributed by atoms with Crippen LogP contribution in [-0.2, 0) is 19.4 Å². The van der Waals surface area contributed by atoms with E-state index in [-0.39, 0.29) is 17.5 Å². The number of fused-ring (bicyclic) bond motifs is 2. The molecule has 7 heteroatoms. The Labute approximate surface area is 186 Å². The smallest absolute Gasteiger partial charge is 0.178 e. The fourth-order valence-electron chi connectivity index (χ4n) is 4.49. The van der Waals surface area contributed by atoms with Crippen LogP contribution in [0.15, 0.2) is 36.5 Å². The predicted octanol–water partition coefficient (Wildman–Crippen LogP) is 4.27. The van der Waals surface area contributed by atoms with E-state index in [4.69, 9.17) is 4.74 Å². The van der Waals surface area contributed by atoms with Crippen molar-refractivity contribution in [1.82, 2.24) is 15.3 Å². The van der Waals surface area contributed by atoms with Crippen LogP contribution in [0.2, 0.25) is 0 Å². The highest BCUT2D eigenvalue weighted by molar-refractivity contribution is 5.72. The van der Waals surface area contributed by atoms with Crippen molar-refractivity contribution < 1.29 is 13.5 Å². The fourth-order valence-corrected chi connectivity index (χ4v) is 4.49. The van der Waals surface area contributed by atoms with E-state index in [0.29, 0.717) is 36.6 Å². The highest BCUT2D eigenvalue weighted by Gasteiger charge is 2.25. The van der Waals surface area contributed by atoms with Crippen LogP contribution in [0.3, 0.4) is 0 Å². The van der Waals surface area contributed by atoms with Crippen LogP contribution >= 0.6 is 0 Å². The van der Waals surface area contributed by atoms with Crippen molar-refractivity contribution in [2.45, 2.75) is 39.3 Å². The first-order valence-corrected chi connectivity index (χ1v) is 11.1. The first kappa shape index (κ1) is 20.8. The molecule has 2 aromatic carbocycles. The Morgan fingerprint density at radius 1 is 1.12 bits per heavy atom. The summed E-state index contributed by atoms with van der Waals surface area (Å²) in [6.45, 7) is 7.00. The standard InChI is InChI=1S/C25H26F2N4O/c1-15(2)31-7-8-32-25-20(26)11-19(12-22(25)31)24-21(27)14-29-23(30-24)10-16-3-4-18-13-28-6-5-17(18)9-16/h3-4,9,11-12,14-15,28H,5-8,10,13H2,1-2H3. The average molecular weight is 437 g/mol. The van der Waals surface area contributed by atoms with Crippen LogP contribution in [0.5, 0.6) is 5.75 Å². The first-order valence-electron chi connectivity index (χ1n) is 11.1. The molecule has 0 radical (unpaired) electrons. The number of hydrogen-bond donors (Lipinski definition) is 1. The Morgan fingerprint density at radius 2 is 2.00 bits per heavy atom. The molecule has 0 saturated carbocycles. The molecule has 3 heterocycles. The summed E-state index contributed by atoms with van der Waals surface area (Å²) in [5.74, 6) is -0.361. The normalized spacial score (nSPS) is 15.3. The number of benzene rings is 2. The summed E-state index contributed by atoms with van der Waals surface area (Å²) >= 11 is 0. The number of aromatic nitrogens is 2. The molecule has 3 aromatic rings. The average Bonchev–Trinajstić information content (AvgIpc) is 2.79. The van der Waals surface area contributed by atoms with Crippen molar-refractivity contribution in [3.63, 3.8) is 0 Å². The third kappa shape index (κ3) is 3.93. The molecule has 32 heavy (non-hydrogen) atoms. The van der Waals surface area contributed by atoms with Crippen molar-refractivity contribution in [3.8, 4) is 17.0 Å². The van der Waals surface area contributed by atoms with Gasteiger partial charge >= 0.3 is 0 Å². The first-order chi connectivity index (χ1) is 15.5. The molecule has 0 bridgehead atoms. The van der Waals surface area contributed by atoms with Gasteiger partial charge in [-0.05, 0) is 55.6 Å². The lowest BCUT2D eigenvalue weighted by molar-refractivity contribution is 0.287. The lowest BCUT2D eigenvalue weighted by Crippen LogP contribution is -2.38. The third-order valence-corrected chi connectivity index (χ3v) is 6.12. The minimum Gasteiger partial charge on any atom is -0.486 e. The second kappa shape index (κ2) is 8.47.